The number of anilines is 1. The van der Waals surface area contributed by atoms with Gasteiger partial charge in [-0.3, -0.25) is 0 Å². The molecule has 1 heterocycles. The van der Waals surface area contributed by atoms with Crippen molar-refractivity contribution in [3.63, 3.8) is 0 Å². The Morgan fingerprint density at radius 1 is 1.20 bits per heavy atom. The molecule has 25 heavy (non-hydrogen) atoms. The van der Waals surface area contributed by atoms with Crippen molar-refractivity contribution >= 4 is 5.69 Å². The van der Waals surface area contributed by atoms with E-state index in [1.807, 2.05) is 18.2 Å². The van der Waals surface area contributed by atoms with Gasteiger partial charge in [-0.15, -0.1) is 0 Å². The minimum Gasteiger partial charge on any atom is -0.440 e. The van der Waals surface area contributed by atoms with E-state index in [9.17, 15) is 9.65 Å². The third-order valence-electron chi connectivity index (χ3n) is 4.51. The Kier molecular flexibility index (Phi) is 4.62. The lowest BCUT2D eigenvalue weighted by atomic mass is 9.83. The van der Waals surface area contributed by atoms with Gasteiger partial charge in [-0.2, -0.15) is 5.26 Å². The van der Waals surface area contributed by atoms with Gasteiger partial charge in [0.2, 0.25) is 5.88 Å². The molecule has 128 valence electrons. The number of nitrogens with zero attached hydrogens (tertiary/aromatic N) is 2. The van der Waals surface area contributed by atoms with Gasteiger partial charge in [-0.25, -0.2) is 4.39 Å². The average molecular weight is 337 g/mol. The van der Waals surface area contributed by atoms with Crippen molar-refractivity contribution in [2.24, 2.45) is 5.73 Å². The zero-order valence-electron chi connectivity index (χ0n) is 14.3. The van der Waals surface area contributed by atoms with E-state index in [1.54, 1.807) is 12.1 Å². The maximum Gasteiger partial charge on any atom is 0.205 e. The largest absolute Gasteiger partial charge is 0.440 e. The second-order valence-corrected chi connectivity index (χ2v) is 5.87. The molecule has 1 unspecified atom stereocenters. The molecule has 1 atom stereocenters. The molecule has 4 nitrogen and oxygen atoms in total. The molecule has 0 radical (unpaired) electrons. The first-order valence-electron chi connectivity index (χ1n) is 8.31. The second-order valence-electron chi connectivity index (χ2n) is 5.87. The van der Waals surface area contributed by atoms with E-state index in [2.05, 4.69) is 24.8 Å². The summed E-state index contributed by atoms with van der Waals surface area (Å²) in [6, 6.07) is 14.2. The molecule has 1 aliphatic rings. The number of ether oxygens (including phenoxy) is 1. The predicted octanol–water partition coefficient (Wildman–Crippen LogP) is 3.89. The van der Waals surface area contributed by atoms with E-state index in [0.717, 1.165) is 24.3 Å². The second kappa shape index (κ2) is 6.86. The summed E-state index contributed by atoms with van der Waals surface area (Å²) in [5.74, 6) is -0.104. The number of hydrogen-bond donors (Lipinski definition) is 1. The van der Waals surface area contributed by atoms with Crippen LogP contribution in [0.3, 0.4) is 0 Å². The quantitative estimate of drug-likeness (QED) is 0.919. The van der Waals surface area contributed by atoms with Crippen molar-refractivity contribution in [3.05, 3.63) is 70.9 Å². The summed E-state index contributed by atoms with van der Waals surface area (Å²) in [5.41, 5.74) is 8.80. The van der Waals surface area contributed by atoms with Crippen LogP contribution in [0, 0.1) is 17.1 Å². The highest BCUT2D eigenvalue weighted by atomic mass is 19.1. The first kappa shape index (κ1) is 16.8. The minimum absolute atomic E-state index is 0.0703. The summed E-state index contributed by atoms with van der Waals surface area (Å²) >= 11 is 0. The number of allylic oxidation sites excluding steroid dienone is 1. The molecule has 5 heteroatoms. The molecule has 3 rings (SSSR count). The standard InChI is InChI=1S/C20H20FN3O/c1-3-24(4-2)15-8-9-16-18(11-15)25-20(23)17(12-22)19(16)13-6-5-7-14(21)10-13/h5-11,19H,3-4,23H2,1-2H3. The zero-order valence-corrected chi connectivity index (χ0v) is 14.3. The van der Waals surface area contributed by atoms with Crippen LogP contribution < -0.4 is 15.4 Å². The molecule has 0 spiro atoms. The normalized spacial score (nSPS) is 16.0. The molecular formula is C20H20FN3O. The molecule has 2 N–H and O–H groups in total. The van der Waals surface area contributed by atoms with Crippen molar-refractivity contribution in [1.82, 2.24) is 0 Å². The van der Waals surface area contributed by atoms with Crippen LogP contribution in [0.5, 0.6) is 5.75 Å². The van der Waals surface area contributed by atoms with Gasteiger partial charge < -0.3 is 15.4 Å². The molecule has 2 aromatic rings. The fraction of sp³-hybridized carbons (Fsp3) is 0.250. The summed E-state index contributed by atoms with van der Waals surface area (Å²) < 4.78 is 19.4. The van der Waals surface area contributed by atoms with Gasteiger partial charge >= 0.3 is 0 Å². The third kappa shape index (κ3) is 3.03. The Morgan fingerprint density at radius 2 is 1.96 bits per heavy atom. The van der Waals surface area contributed by atoms with Gasteiger partial charge in [0.05, 0.1) is 5.92 Å². The fourth-order valence-corrected chi connectivity index (χ4v) is 3.26. The van der Waals surface area contributed by atoms with Crippen molar-refractivity contribution in [2.75, 3.05) is 18.0 Å². The fourth-order valence-electron chi connectivity index (χ4n) is 3.26. The Labute approximate surface area is 146 Å². The van der Waals surface area contributed by atoms with E-state index < -0.39 is 5.92 Å². The van der Waals surface area contributed by atoms with Crippen molar-refractivity contribution < 1.29 is 9.13 Å². The van der Waals surface area contributed by atoms with Gasteiger partial charge in [-0.05, 0) is 37.6 Å². The maximum absolute atomic E-state index is 13.7. The molecule has 1 aliphatic heterocycles. The zero-order chi connectivity index (χ0) is 18.0. The van der Waals surface area contributed by atoms with E-state index >= 15 is 0 Å². The Bertz CT molecular complexity index is 865. The minimum atomic E-state index is -0.435. The predicted molar refractivity (Wildman–Crippen MR) is 95.7 cm³/mol. The van der Waals surface area contributed by atoms with Gasteiger partial charge in [0, 0.05) is 30.4 Å². The number of halogens is 1. The van der Waals surface area contributed by atoms with E-state index in [4.69, 9.17) is 10.5 Å². The van der Waals surface area contributed by atoms with Crippen molar-refractivity contribution in [1.29, 1.82) is 5.26 Å². The highest BCUT2D eigenvalue weighted by molar-refractivity contribution is 5.61. The van der Waals surface area contributed by atoms with Crippen LogP contribution in [0.25, 0.3) is 0 Å². The SMILES string of the molecule is CCN(CC)c1ccc2c(c1)OC(N)=C(C#N)C2c1cccc(F)c1. The number of nitriles is 1. The van der Waals surface area contributed by atoms with Crippen LogP contribution in [0.15, 0.2) is 53.9 Å². The number of fused-ring (bicyclic) bond motifs is 1. The first-order chi connectivity index (χ1) is 12.1. The van der Waals surface area contributed by atoms with E-state index in [0.29, 0.717) is 16.9 Å². The smallest absolute Gasteiger partial charge is 0.205 e. The summed E-state index contributed by atoms with van der Waals surface area (Å²) in [4.78, 5) is 2.19. The summed E-state index contributed by atoms with van der Waals surface area (Å²) in [7, 11) is 0. The number of hydrogen-bond acceptors (Lipinski definition) is 4. The highest BCUT2D eigenvalue weighted by Crippen LogP contribution is 2.43. The molecule has 0 saturated heterocycles. The van der Waals surface area contributed by atoms with Gasteiger partial charge in [0.1, 0.15) is 23.2 Å². The molecule has 0 aromatic heterocycles. The molecule has 0 fully saturated rings. The van der Waals surface area contributed by atoms with Crippen LogP contribution in [-0.2, 0) is 0 Å². The van der Waals surface area contributed by atoms with Crippen LogP contribution in [0.1, 0.15) is 30.9 Å². The first-order valence-corrected chi connectivity index (χ1v) is 8.31. The van der Waals surface area contributed by atoms with E-state index in [-0.39, 0.29) is 11.7 Å². The number of rotatable bonds is 4. The molecular weight excluding hydrogens is 317 g/mol. The third-order valence-corrected chi connectivity index (χ3v) is 4.51. The van der Waals surface area contributed by atoms with Crippen LogP contribution in [-0.4, -0.2) is 13.1 Å². The molecule has 0 aliphatic carbocycles. The average Bonchev–Trinajstić information content (AvgIpc) is 2.61. The maximum atomic E-state index is 13.7. The van der Waals surface area contributed by atoms with Gasteiger partial charge in [-0.1, -0.05) is 18.2 Å². The summed E-state index contributed by atoms with van der Waals surface area (Å²) in [5, 5.41) is 9.54. The molecule has 0 bridgehead atoms. The van der Waals surface area contributed by atoms with Crippen LogP contribution in [0.4, 0.5) is 10.1 Å². The number of benzene rings is 2. The van der Waals surface area contributed by atoms with Crippen LogP contribution >= 0.6 is 0 Å². The lowest BCUT2D eigenvalue weighted by molar-refractivity contribution is 0.393. The van der Waals surface area contributed by atoms with Crippen molar-refractivity contribution in [3.8, 4) is 11.8 Å². The Balaban J connectivity index is 2.14. The van der Waals surface area contributed by atoms with Gasteiger partial charge in [0.25, 0.3) is 0 Å². The van der Waals surface area contributed by atoms with E-state index in [1.165, 1.54) is 12.1 Å². The summed E-state index contributed by atoms with van der Waals surface area (Å²) in [6.07, 6.45) is 0. The van der Waals surface area contributed by atoms with Crippen molar-refractivity contribution in [2.45, 2.75) is 19.8 Å². The van der Waals surface area contributed by atoms with Crippen LogP contribution in [0.2, 0.25) is 0 Å². The number of nitrogens with two attached hydrogens (primary N) is 1. The molecule has 0 saturated carbocycles. The summed E-state index contributed by atoms with van der Waals surface area (Å²) in [6.45, 7) is 5.91. The highest BCUT2D eigenvalue weighted by Gasteiger charge is 2.31. The Hall–Kier alpha value is -3.00. The van der Waals surface area contributed by atoms with Gasteiger partial charge in [0.15, 0.2) is 0 Å². The Morgan fingerprint density at radius 3 is 2.60 bits per heavy atom. The molecule has 0 amide bonds. The lowest BCUT2D eigenvalue weighted by Crippen LogP contribution is -2.24. The molecule has 2 aromatic carbocycles. The lowest BCUT2D eigenvalue weighted by Gasteiger charge is -2.29. The topological polar surface area (TPSA) is 62.3 Å². The monoisotopic (exact) mass is 337 g/mol.